The van der Waals surface area contributed by atoms with Crippen LogP contribution in [0, 0.1) is 0 Å². The van der Waals surface area contributed by atoms with Crippen molar-refractivity contribution in [2.75, 3.05) is 25.1 Å². The second-order valence-corrected chi connectivity index (χ2v) is 6.09. The largest absolute Gasteiger partial charge is 0.369 e. The molecular weight excluding hydrogens is 280 g/mol. The lowest BCUT2D eigenvalue weighted by atomic mass is 10.1. The number of nitrogens with zero attached hydrogens (tertiary/aromatic N) is 4. The van der Waals surface area contributed by atoms with Crippen LogP contribution in [0.1, 0.15) is 39.0 Å². The second kappa shape index (κ2) is 6.04. The predicted molar refractivity (Wildman–Crippen MR) is 83.6 cm³/mol. The lowest BCUT2D eigenvalue weighted by Gasteiger charge is -2.27. The van der Waals surface area contributed by atoms with Crippen LogP contribution in [0.2, 0.25) is 0 Å². The van der Waals surface area contributed by atoms with Gasteiger partial charge in [0.2, 0.25) is 5.82 Å². The van der Waals surface area contributed by atoms with E-state index in [0.717, 1.165) is 24.5 Å². The van der Waals surface area contributed by atoms with Crippen LogP contribution in [0.4, 0.5) is 5.82 Å². The predicted octanol–water partition coefficient (Wildman–Crippen LogP) is 3.00. The van der Waals surface area contributed by atoms with E-state index in [0.29, 0.717) is 11.7 Å². The van der Waals surface area contributed by atoms with Gasteiger partial charge in [0.05, 0.1) is 0 Å². The van der Waals surface area contributed by atoms with Crippen molar-refractivity contribution in [3.05, 3.63) is 24.2 Å². The lowest BCUT2D eigenvalue weighted by Crippen LogP contribution is -2.29. The molecule has 6 nitrogen and oxygen atoms in total. The van der Waals surface area contributed by atoms with Crippen molar-refractivity contribution in [3.63, 3.8) is 0 Å². The maximum Gasteiger partial charge on any atom is 0.258 e. The first-order valence-corrected chi connectivity index (χ1v) is 7.71. The van der Waals surface area contributed by atoms with E-state index >= 15 is 0 Å². The summed E-state index contributed by atoms with van der Waals surface area (Å²) in [5.41, 5.74) is 0.259. The SMILES string of the molecule is COC(C)(C)c1nc(-c2ccc(N3CCCCC3)nc2)no1. The maximum absolute atomic E-state index is 5.35. The fraction of sp³-hybridized carbons (Fsp3) is 0.562. The highest BCUT2D eigenvalue weighted by Crippen LogP contribution is 2.25. The van der Waals surface area contributed by atoms with Crippen LogP contribution in [0.25, 0.3) is 11.4 Å². The molecule has 0 bridgehead atoms. The molecule has 2 aromatic rings. The Labute approximate surface area is 130 Å². The van der Waals surface area contributed by atoms with Crippen LogP contribution in [-0.4, -0.2) is 35.3 Å². The molecule has 22 heavy (non-hydrogen) atoms. The van der Waals surface area contributed by atoms with E-state index in [1.54, 1.807) is 13.3 Å². The number of pyridine rings is 1. The van der Waals surface area contributed by atoms with E-state index in [4.69, 9.17) is 9.26 Å². The van der Waals surface area contributed by atoms with Gasteiger partial charge in [-0.15, -0.1) is 0 Å². The van der Waals surface area contributed by atoms with Gasteiger partial charge in [-0.25, -0.2) is 4.98 Å². The number of hydrogen-bond acceptors (Lipinski definition) is 6. The zero-order valence-electron chi connectivity index (χ0n) is 13.4. The Morgan fingerprint density at radius 1 is 1.18 bits per heavy atom. The molecule has 0 radical (unpaired) electrons. The Bertz CT molecular complexity index is 615. The number of piperidine rings is 1. The molecule has 0 aromatic carbocycles. The molecule has 3 heterocycles. The number of anilines is 1. The van der Waals surface area contributed by atoms with Crippen LogP contribution in [0.5, 0.6) is 0 Å². The molecule has 0 atom stereocenters. The Morgan fingerprint density at radius 2 is 1.95 bits per heavy atom. The number of hydrogen-bond donors (Lipinski definition) is 0. The van der Waals surface area contributed by atoms with Crippen molar-refractivity contribution in [1.82, 2.24) is 15.1 Å². The average Bonchev–Trinajstić information content (AvgIpc) is 3.07. The summed E-state index contributed by atoms with van der Waals surface area (Å²) in [6.45, 7) is 5.95. The van der Waals surface area contributed by atoms with Crippen LogP contribution < -0.4 is 4.90 Å². The van der Waals surface area contributed by atoms with Gasteiger partial charge in [0, 0.05) is 32.0 Å². The number of methoxy groups -OCH3 is 1. The van der Waals surface area contributed by atoms with Crippen LogP contribution in [0.3, 0.4) is 0 Å². The molecule has 0 amide bonds. The molecule has 0 unspecified atom stereocenters. The summed E-state index contributed by atoms with van der Waals surface area (Å²) in [4.78, 5) is 11.3. The molecule has 0 saturated carbocycles. The fourth-order valence-corrected chi connectivity index (χ4v) is 2.50. The summed E-state index contributed by atoms with van der Waals surface area (Å²) < 4.78 is 10.6. The average molecular weight is 302 g/mol. The zero-order chi connectivity index (χ0) is 15.6. The minimum Gasteiger partial charge on any atom is -0.369 e. The molecule has 0 N–H and O–H groups in total. The maximum atomic E-state index is 5.35. The monoisotopic (exact) mass is 302 g/mol. The van der Waals surface area contributed by atoms with E-state index in [2.05, 4.69) is 20.0 Å². The van der Waals surface area contributed by atoms with E-state index < -0.39 is 5.60 Å². The fourth-order valence-electron chi connectivity index (χ4n) is 2.50. The van der Waals surface area contributed by atoms with Crippen LogP contribution >= 0.6 is 0 Å². The molecule has 0 aliphatic carbocycles. The topological polar surface area (TPSA) is 64.3 Å². The molecule has 1 saturated heterocycles. The van der Waals surface area contributed by atoms with Gasteiger partial charge in [-0.3, -0.25) is 0 Å². The quantitative estimate of drug-likeness (QED) is 0.865. The number of rotatable bonds is 4. The summed E-state index contributed by atoms with van der Waals surface area (Å²) in [7, 11) is 1.62. The normalized spacial score (nSPS) is 16.0. The molecule has 0 spiro atoms. The smallest absolute Gasteiger partial charge is 0.258 e. The minimum absolute atomic E-state index is 0.463. The molecule has 6 heteroatoms. The molecule has 1 fully saturated rings. The summed E-state index contributed by atoms with van der Waals surface area (Å²) in [5.74, 6) is 2.02. The summed E-state index contributed by atoms with van der Waals surface area (Å²) in [5, 5.41) is 4.02. The first-order chi connectivity index (χ1) is 10.6. The third-order valence-corrected chi connectivity index (χ3v) is 4.14. The van der Waals surface area contributed by atoms with E-state index in [1.165, 1.54) is 19.3 Å². The van der Waals surface area contributed by atoms with Crippen LogP contribution in [-0.2, 0) is 10.3 Å². The first kappa shape index (κ1) is 15.0. The van der Waals surface area contributed by atoms with Gasteiger partial charge in [0.25, 0.3) is 5.89 Å². The van der Waals surface area contributed by atoms with Gasteiger partial charge >= 0.3 is 0 Å². The number of ether oxygens (including phenoxy) is 1. The molecule has 2 aromatic heterocycles. The van der Waals surface area contributed by atoms with Gasteiger partial charge in [-0.1, -0.05) is 5.16 Å². The second-order valence-electron chi connectivity index (χ2n) is 6.09. The van der Waals surface area contributed by atoms with Crippen molar-refractivity contribution in [3.8, 4) is 11.4 Å². The van der Waals surface area contributed by atoms with E-state index in [9.17, 15) is 0 Å². The molecule has 1 aliphatic rings. The Balaban J connectivity index is 1.78. The third-order valence-electron chi connectivity index (χ3n) is 4.14. The summed E-state index contributed by atoms with van der Waals surface area (Å²) in [6.07, 6.45) is 5.60. The molecule has 118 valence electrons. The highest BCUT2D eigenvalue weighted by molar-refractivity contribution is 5.56. The van der Waals surface area contributed by atoms with Crippen molar-refractivity contribution in [2.24, 2.45) is 0 Å². The standard InChI is InChI=1S/C16H22N4O2/c1-16(2,21-3)15-18-14(19-22-15)12-7-8-13(17-11-12)20-9-5-4-6-10-20/h7-8,11H,4-6,9-10H2,1-3H3. The van der Waals surface area contributed by atoms with Gasteiger partial charge in [0.1, 0.15) is 11.4 Å². The van der Waals surface area contributed by atoms with Crippen LogP contribution in [0.15, 0.2) is 22.9 Å². The van der Waals surface area contributed by atoms with E-state index in [1.807, 2.05) is 26.0 Å². The zero-order valence-corrected chi connectivity index (χ0v) is 13.4. The Morgan fingerprint density at radius 3 is 2.59 bits per heavy atom. The minimum atomic E-state index is -0.591. The molecule has 3 rings (SSSR count). The Kier molecular flexibility index (Phi) is 4.11. The highest BCUT2D eigenvalue weighted by Gasteiger charge is 2.27. The third kappa shape index (κ3) is 2.97. The Hall–Kier alpha value is -1.95. The highest BCUT2D eigenvalue weighted by atomic mass is 16.5. The summed E-state index contributed by atoms with van der Waals surface area (Å²) in [6, 6.07) is 4.02. The van der Waals surface area contributed by atoms with Gasteiger partial charge < -0.3 is 14.2 Å². The van der Waals surface area contributed by atoms with Crippen molar-refractivity contribution < 1.29 is 9.26 Å². The van der Waals surface area contributed by atoms with Crippen molar-refractivity contribution in [1.29, 1.82) is 0 Å². The van der Waals surface area contributed by atoms with Gasteiger partial charge in [-0.05, 0) is 45.2 Å². The van der Waals surface area contributed by atoms with E-state index in [-0.39, 0.29) is 0 Å². The number of aromatic nitrogens is 3. The summed E-state index contributed by atoms with van der Waals surface area (Å²) >= 11 is 0. The molecular formula is C16H22N4O2. The first-order valence-electron chi connectivity index (χ1n) is 7.71. The van der Waals surface area contributed by atoms with Gasteiger partial charge in [0.15, 0.2) is 0 Å². The van der Waals surface area contributed by atoms with Crippen molar-refractivity contribution in [2.45, 2.75) is 38.7 Å². The van der Waals surface area contributed by atoms with Gasteiger partial charge in [-0.2, -0.15) is 4.98 Å². The lowest BCUT2D eigenvalue weighted by molar-refractivity contribution is -0.00786. The molecule has 1 aliphatic heterocycles. The van der Waals surface area contributed by atoms with Crippen molar-refractivity contribution >= 4 is 5.82 Å².